The number of hydrogen-bond acceptors (Lipinski definition) is 2. The second-order valence-corrected chi connectivity index (χ2v) is 5.31. The van der Waals surface area contributed by atoms with Crippen molar-refractivity contribution in [2.45, 2.75) is 0 Å². The summed E-state index contributed by atoms with van der Waals surface area (Å²) in [5.41, 5.74) is 9.52. The van der Waals surface area contributed by atoms with Crippen molar-refractivity contribution >= 4 is 39.5 Å². The first-order chi connectivity index (χ1) is 11.2. The van der Waals surface area contributed by atoms with E-state index in [0.29, 0.717) is 5.57 Å². The number of pyridine rings is 1. The fourth-order valence-corrected chi connectivity index (χ4v) is 2.83. The van der Waals surface area contributed by atoms with Gasteiger partial charge in [-0.25, -0.2) is 4.98 Å². The van der Waals surface area contributed by atoms with E-state index >= 15 is 0 Å². The zero-order chi connectivity index (χ0) is 15.8. The van der Waals surface area contributed by atoms with Crippen molar-refractivity contribution in [2.75, 3.05) is 0 Å². The number of fused-ring (bicyclic) bond motifs is 2. The summed E-state index contributed by atoms with van der Waals surface area (Å²) < 4.78 is 0. The lowest BCUT2D eigenvalue weighted by Crippen LogP contribution is -2.12. The molecule has 0 aliphatic carbocycles. The standard InChI is InChI=1S/C18H14N4O/c19-17(23)14(15-10-21-16-6-2-1-4-13(15)16)8-11-9-22-18-12(11)5-3-7-20-18/h1-10,21H,(H2,19,23)(H,20,22)/b14-8-. The molecular formula is C18H14N4O. The molecule has 4 aromatic rings. The van der Waals surface area contributed by atoms with Crippen LogP contribution >= 0.6 is 0 Å². The van der Waals surface area contributed by atoms with Crippen LogP contribution in [0, 0.1) is 0 Å². The summed E-state index contributed by atoms with van der Waals surface area (Å²) in [6.45, 7) is 0. The number of H-pyrrole nitrogens is 2. The number of para-hydroxylation sites is 1. The Hall–Kier alpha value is -3.34. The summed E-state index contributed by atoms with van der Waals surface area (Å²) in [4.78, 5) is 22.5. The average molecular weight is 302 g/mol. The Labute approximate surface area is 131 Å². The molecule has 4 rings (SSSR count). The predicted octanol–water partition coefficient (Wildman–Crippen LogP) is 3.07. The van der Waals surface area contributed by atoms with Crippen LogP contribution in [0.4, 0.5) is 0 Å². The number of aromatic nitrogens is 3. The van der Waals surface area contributed by atoms with Gasteiger partial charge in [-0.15, -0.1) is 0 Å². The third kappa shape index (κ3) is 2.19. The highest BCUT2D eigenvalue weighted by Crippen LogP contribution is 2.28. The molecule has 1 aromatic carbocycles. The first-order valence-corrected chi connectivity index (χ1v) is 7.24. The number of nitrogens with two attached hydrogens (primary N) is 1. The van der Waals surface area contributed by atoms with Crippen molar-refractivity contribution < 1.29 is 4.79 Å². The summed E-state index contributed by atoms with van der Waals surface area (Å²) in [6.07, 6.45) is 7.17. The molecular weight excluding hydrogens is 288 g/mol. The second kappa shape index (κ2) is 5.14. The molecule has 23 heavy (non-hydrogen) atoms. The van der Waals surface area contributed by atoms with Gasteiger partial charge in [0.15, 0.2) is 0 Å². The highest BCUT2D eigenvalue weighted by molar-refractivity contribution is 6.27. The maximum atomic E-state index is 12.0. The Morgan fingerprint density at radius 3 is 2.74 bits per heavy atom. The zero-order valence-electron chi connectivity index (χ0n) is 12.2. The molecule has 0 aliphatic rings. The fourth-order valence-electron chi connectivity index (χ4n) is 2.83. The van der Waals surface area contributed by atoms with E-state index in [-0.39, 0.29) is 0 Å². The predicted molar refractivity (Wildman–Crippen MR) is 91.5 cm³/mol. The molecule has 5 nitrogen and oxygen atoms in total. The number of rotatable bonds is 3. The Kier molecular flexibility index (Phi) is 2.98. The van der Waals surface area contributed by atoms with Crippen molar-refractivity contribution in [3.63, 3.8) is 0 Å². The number of benzene rings is 1. The lowest BCUT2D eigenvalue weighted by Gasteiger charge is -2.02. The van der Waals surface area contributed by atoms with Crippen molar-refractivity contribution in [2.24, 2.45) is 5.73 Å². The number of aromatic amines is 2. The van der Waals surface area contributed by atoms with Crippen LogP contribution in [0.5, 0.6) is 0 Å². The van der Waals surface area contributed by atoms with Crippen LogP contribution in [0.15, 0.2) is 55.0 Å². The Balaban J connectivity index is 1.93. The van der Waals surface area contributed by atoms with Gasteiger partial charge in [0.2, 0.25) is 5.91 Å². The first kappa shape index (κ1) is 13.3. The van der Waals surface area contributed by atoms with E-state index in [2.05, 4.69) is 15.0 Å². The summed E-state index contributed by atoms with van der Waals surface area (Å²) in [5.74, 6) is -0.465. The van der Waals surface area contributed by atoms with Crippen LogP contribution in [0.25, 0.3) is 33.6 Å². The minimum atomic E-state index is -0.465. The lowest BCUT2D eigenvalue weighted by molar-refractivity contribution is -0.112. The number of primary amides is 1. The Morgan fingerprint density at radius 2 is 1.87 bits per heavy atom. The third-order valence-corrected chi connectivity index (χ3v) is 3.93. The van der Waals surface area contributed by atoms with E-state index in [4.69, 9.17) is 5.73 Å². The molecule has 112 valence electrons. The highest BCUT2D eigenvalue weighted by atomic mass is 16.1. The van der Waals surface area contributed by atoms with Crippen molar-refractivity contribution in [3.8, 4) is 0 Å². The topological polar surface area (TPSA) is 87.6 Å². The van der Waals surface area contributed by atoms with Crippen LogP contribution in [-0.2, 0) is 4.79 Å². The van der Waals surface area contributed by atoms with Crippen LogP contribution in [0.3, 0.4) is 0 Å². The maximum Gasteiger partial charge on any atom is 0.249 e. The van der Waals surface area contributed by atoms with E-state index in [0.717, 1.165) is 33.1 Å². The van der Waals surface area contributed by atoms with Crippen molar-refractivity contribution in [1.29, 1.82) is 0 Å². The van der Waals surface area contributed by atoms with Gasteiger partial charge in [-0.1, -0.05) is 18.2 Å². The quantitative estimate of drug-likeness (QED) is 0.508. The number of nitrogens with zero attached hydrogens (tertiary/aromatic N) is 1. The van der Waals surface area contributed by atoms with Crippen LogP contribution in [0.2, 0.25) is 0 Å². The molecule has 0 bridgehead atoms. The number of nitrogens with one attached hydrogen (secondary N) is 2. The van der Waals surface area contributed by atoms with E-state index < -0.39 is 5.91 Å². The zero-order valence-corrected chi connectivity index (χ0v) is 12.2. The SMILES string of the molecule is NC(=O)/C(=C\c1c[nH]c2ncccc12)c1c[nH]c2ccccc12. The van der Waals surface area contributed by atoms with Crippen molar-refractivity contribution in [3.05, 3.63) is 66.1 Å². The molecule has 0 unspecified atom stereocenters. The van der Waals surface area contributed by atoms with Crippen LogP contribution < -0.4 is 5.73 Å². The van der Waals surface area contributed by atoms with Gasteiger partial charge in [0, 0.05) is 51.6 Å². The molecule has 0 aliphatic heterocycles. The lowest BCUT2D eigenvalue weighted by atomic mass is 10.0. The molecule has 1 amide bonds. The summed E-state index contributed by atoms with van der Waals surface area (Å²) in [6, 6.07) is 11.6. The maximum absolute atomic E-state index is 12.0. The molecule has 0 atom stereocenters. The third-order valence-electron chi connectivity index (χ3n) is 3.93. The van der Waals surface area contributed by atoms with Crippen molar-refractivity contribution in [1.82, 2.24) is 15.0 Å². The molecule has 5 heteroatoms. The molecule has 0 fully saturated rings. The Morgan fingerprint density at radius 1 is 1.04 bits per heavy atom. The highest BCUT2D eigenvalue weighted by Gasteiger charge is 2.14. The van der Waals surface area contributed by atoms with Crippen LogP contribution in [0.1, 0.15) is 11.1 Å². The average Bonchev–Trinajstić information content (AvgIpc) is 3.16. The molecule has 0 saturated heterocycles. The van der Waals surface area contributed by atoms with Gasteiger partial charge in [0.1, 0.15) is 5.65 Å². The monoisotopic (exact) mass is 302 g/mol. The Bertz CT molecular complexity index is 1050. The molecule has 0 spiro atoms. The normalized spacial score (nSPS) is 12.1. The van der Waals surface area contributed by atoms with E-state index in [1.165, 1.54) is 0 Å². The minimum absolute atomic E-state index is 0.465. The minimum Gasteiger partial charge on any atom is -0.366 e. The van der Waals surface area contributed by atoms with Gasteiger partial charge < -0.3 is 15.7 Å². The molecule has 4 N–H and O–H groups in total. The molecule has 3 heterocycles. The number of carbonyl (C=O) groups is 1. The fraction of sp³-hybridized carbons (Fsp3) is 0. The molecule has 0 saturated carbocycles. The molecule has 3 aromatic heterocycles. The van der Waals surface area contributed by atoms with Gasteiger partial charge >= 0.3 is 0 Å². The smallest absolute Gasteiger partial charge is 0.249 e. The van der Waals surface area contributed by atoms with Crippen LogP contribution in [-0.4, -0.2) is 20.9 Å². The summed E-state index contributed by atoms with van der Waals surface area (Å²) in [7, 11) is 0. The summed E-state index contributed by atoms with van der Waals surface area (Å²) in [5, 5.41) is 1.92. The van der Waals surface area contributed by atoms with Gasteiger partial charge in [0.25, 0.3) is 0 Å². The number of carbonyl (C=O) groups excluding carboxylic acids is 1. The largest absolute Gasteiger partial charge is 0.366 e. The van der Waals surface area contributed by atoms with Gasteiger partial charge in [-0.3, -0.25) is 4.79 Å². The van der Waals surface area contributed by atoms with E-state index in [1.807, 2.05) is 48.8 Å². The van der Waals surface area contributed by atoms with Gasteiger partial charge in [-0.2, -0.15) is 0 Å². The number of hydrogen-bond donors (Lipinski definition) is 3. The van der Waals surface area contributed by atoms with E-state index in [1.54, 1.807) is 12.3 Å². The van der Waals surface area contributed by atoms with Gasteiger partial charge in [0.05, 0.1) is 0 Å². The van der Waals surface area contributed by atoms with E-state index in [9.17, 15) is 4.79 Å². The first-order valence-electron chi connectivity index (χ1n) is 7.24. The molecule has 0 radical (unpaired) electrons. The number of amides is 1. The van der Waals surface area contributed by atoms with Gasteiger partial charge in [-0.05, 0) is 24.3 Å². The summed E-state index contributed by atoms with van der Waals surface area (Å²) >= 11 is 0. The second-order valence-electron chi connectivity index (χ2n) is 5.31.